The van der Waals surface area contributed by atoms with Gasteiger partial charge in [-0.25, -0.2) is 4.79 Å². The van der Waals surface area contributed by atoms with Crippen LogP contribution >= 0.6 is 0 Å². The van der Waals surface area contributed by atoms with E-state index in [4.69, 9.17) is 14.2 Å². The summed E-state index contributed by atoms with van der Waals surface area (Å²) in [5, 5.41) is 3.16. The number of rotatable bonds is 4. The van der Waals surface area contributed by atoms with E-state index >= 15 is 0 Å². The quantitative estimate of drug-likeness (QED) is 0.835. The van der Waals surface area contributed by atoms with Crippen molar-refractivity contribution in [1.29, 1.82) is 0 Å². The van der Waals surface area contributed by atoms with E-state index in [1.807, 2.05) is 25.1 Å². The average Bonchev–Trinajstić information content (AvgIpc) is 2.46. The van der Waals surface area contributed by atoms with E-state index in [1.165, 1.54) is 7.11 Å². The first-order valence-electron chi connectivity index (χ1n) is 6.35. The second-order valence-corrected chi connectivity index (χ2v) is 4.51. The van der Waals surface area contributed by atoms with Crippen LogP contribution in [0.2, 0.25) is 0 Å². The highest BCUT2D eigenvalue weighted by atomic mass is 16.6. The molecule has 0 bridgehead atoms. The van der Waals surface area contributed by atoms with Crippen LogP contribution in [0.4, 0.5) is 0 Å². The third-order valence-electron chi connectivity index (χ3n) is 3.24. The molecule has 0 amide bonds. The molecule has 1 aromatic rings. The Kier molecular flexibility index (Phi) is 3.95. The summed E-state index contributed by atoms with van der Waals surface area (Å²) >= 11 is 0. The summed E-state index contributed by atoms with van der Waals surface area (Å²) < 4.78 is 15.9. The number of ether oxygens (including phenoxy) is 3. The van der Waals surface area contributed by atoms with E-state index in [0.29, 0.717) is 31.3 Å². The van der Waals surface area contributed by atoms with Crippen LogP contribution in [0, 0.1) is 0 Å². The van der Waals surface area contributed by atoms with Gasteiger partial charge in [-0.15, -0.1) is 0 Å². The van der Waals surface area contributed by atoms with Crippen molar-refractivity contribution in [3.05, 3.63) is 23.8 Å². The Morgan fingerprint density at radius 2 is 2.05 bits per heavy atom. The summed E-state index contributed by atoms with van der Waals surface area (Å²) in [6.45, 7) is 5.47. The van der Waals surface area contributed by atoms with Gasteiger partial charge in [0.25, 0.3) is 0 Å². The maximum atomic E-state index is 12.0. The number of benzene rings is 1. The lowest BCUT2D eigenvalue weighted by molar-refractivity contribution is -0.148. The molecule has 1 heterocycles. The lowest BCUT2D eigenvalue weighted by Crippen LogP contribution is -2.47. The molecule has 0 spiro atoms. The van der Waals surface area contributed by atoms with Gasteiger partial charge < -0.3 is 14.2 Å². The van der Waals surface area contributed by atoms with E-state index in [0.717, 1.165) is 5.56 Å². The number of fused-ring (bicyclic) bond motifs is 1. The number of hydrogen-bond donors (Lipinski definition) is 1. The van der Waals surface area contributed by atoms with E-state index in [1.54, 1.807) is 6.92 Å². The molecule has 1 unspecified atom stereocenters. The van der Waals surface area contributed by atoms with Crippen molar-refractivity contribution in [1.82, 2.24) is 5.32 Å². The van der Waals surface area contributed by atoms with Crippen molar-refractivity contribution in [2.45, 2.75) is 19.4 Å². The molecule has 1 aromatic carbocycles. The molecule has 0 saturated heterocycles. The van der Waals surface area contributed by atoms with Crippen LogP contribution in [0.3, 0.4) is 0 Å². The lowest BCUT2D eigenvalue weighted by Gasteiger charge is -2.29. The van der Waals surface area contributed by atoms with Gasteiger partial charge in [0.1, 0.15) is 18.8 Å². The fraction of sp³-hybridized carbons (Fsp3) is 0.500. The van der Waals surface area contributed by atoms with E-state index in [9.17, 15) is 4.79 Å². The van der Waals surface area contributed by atoms with Gasteiger partial charge in [0.15, 0.2) is 11.5 Å². The number of methoxy groups -OCH3 is 1. The number of hydrogen-bond acceptors (Lipinski definition) is 5. The molecular formula is C14H19NO4. The molecule has 1 N–H and O–H groups in total. The van der Waals surface area contributed by atoms with Crippen molar-refractivity contribution < 1.29 is 19.0 Å². The topological polar surface area (TPSA) is 56.8 Å². The van der Waals surface area contributed by atoms with Crippen molar-refractivity contribution in [2.24, 2.45) is 0 Å². The molecule has 2 rings (SSSR count). The Balaban J connectivity index is 2.39. The minimum atomic E-state index is -0.890. The number of carbonyl (C=O) groups is 1. The predicted octanol–water partition coefficient (Wildman–Crippen LogP) is 1.46. The zero-order chi connectivity index (χ0) is 13.9. The van der Waals surface area contributed by atoms with Crippen LogP contribution in [0.25, 0.3) is 0 Å². The Morgan fingerprint density at radius 3 is 2.68 bits per heavy atom. The first-order chi connectivity index (χ1) is 9.11. The normalized spacial score (nSPS) is 16.6. The molecule has 0 saturated carbocycles. The molecule has 0 aliphatic carbocycles. The number of carbonyl (C=O) groups excluding carboxylic acids is 1. The molecule has 19 heavy (non-hydrogen) atoms. The molecule has 5 heteroatoms. The summed E-state index contributed by atoms with van der Waals surface area (Å²) in [6, 6.07) is 5.50. The van der Waals surface area contributed by atoms with Gasteiger partial charge in [-0.05, 0) is 31.2 Å². The third kappa shape index (κ3) is 2.51. The van der Waals surface area contributed by atoms with Gasteiger partial charge in [0, 0.05) is 0 Å². The van der Waals surface area contributed by atoms with Crippen molar-refractivity contribution in [3.8, 4) is 11.5 Å². The third-order valence-corrected chi connectivity index (χ3v) is 3.24. The molecule has 0 radical (unpaired) electrons. The summed E-state index contributed by atoms with van der Waals surface area (Å²) in [4.78, 5) is 12.0. The average molecular weight is 265 g/mol. The predicted molar refractivity (Wildman–Crippen MR) is 70.5 cm³/mol. The fourth-order valence-electron chi connectivity index (χ4n) is 2.20. The minimum Gasteiger partial charge on any atom is -0.486 e. The summed E-state index contributed by atoms with van der Waals surface area (Å²) in [7, 11) is 1.38. The minimum absolute atomic E-state index is 0.328. The first-order valence-corrected chi connectivity index (χ1v) is 6.35. The maximum absolute atomic E-state index is 12.0. The number of likely N-dealkylation sites (N-methyl/N-ethyl adjacent to an activating group) is 1. The van der Waals surface area contributed by atoms with Crippen LogP contribution in [0.5, 0.6) is 11.5 Å². The highest BCUT2D eigenvalue weighted by molar-refractivity contribution is 5.82. The van der Waals surface area contributed by atoms with Crippen molar-refractivity contribution in [2.75, 3.05) is 26.9 Å². The lowest BCUT2D eigenvalue weighted by atomic mass is 9.91. The molecular weight excluding hydrogens is 246 g/mol. The largest absolute Gasteiger partial charge is 0.486 e. The number of nitrogens with one attached hydrogen (secondary N) is 1. The SMILES string of the molecule is CCNC(C)(C(=O)OC)c1ccc2c(c1)OCCO2. The first kappa shape index (κ1) is 13.7. The van der Waals surface area contributed by atoms with Crippen LogP contribution in [-0.4, -0.2) is 32.8 Å². The highest BCUT2D eigenvalue weighted by Crippen LogP contribution is 2.34. The van der Waals surface area contributed by atoms with Crippen LogP contribution in [0.15, 0.2) is 18.2 Å². The van der Waals surface area contributed by atoms with Crippen LogP contribution in [-0.2, 0) is 15.1 Å². The van der Waals surface area contributed by atoms with Crippen molar-refractivity contribution in [3.63, 3.8) is 0 Å². The fourth-order valence-corrected chi connectivity index (χ4v) is 2.20. The Morgan fingerprint density at radius 1 is 1.37 bits per heavy atom. The van der Waals surface area contributed by atoms with Crippen molar-refractivity contribution >= 4 is 5.97 Å². The molecule has 104 valence electrons. The summed E-state index contributed by atoms with van der Waals surface area (Å²) in [6.07, 6.45) is 0. The van der Waals surface area contributed by atoms with Gasteiger partial charge in [-0.1, -0.05) is 13.0 Å². The van der Waals surface area contributed by atoms with Crippen LogP contribution < -0.4 is 14.8 Å². The van der Waals surface area contributed by atoms with Gasteiger partial charge >= 0.3 is 5.97 Å². The molecule has 0 aromatic heterocycles. The second-order valence-electron chi connectivity index (χ2n) is 4.51. The van der Waals surface area contributed by atoms with E-state index in [-0.39, 0.29) is 5.97 Å². The Labute approximate surface area is 112 Å². The Hall–Kier alpha value is -1.75. The standard InChI is InChI=1S/C14H19NO4/c1-4-15-14(2,13(16)17-3)10-5-6-11-12(9-10)19-8-7-18-11/h5-6,9,15H,4,7-8H2,1-3H3. The molecule has 0 fully saturated rings. The second kappa shape index (κ2) is 5.48. The van der Waals surface area contributed by atoms with E-state index in [2.05, 4.69) is 5.32 Å². The van der Waals surface area contributed by atoms with Gasteiger partial charge in [0.2, 0.25) is 0 Å². The molecule has 1 aliphatic rings. The maximum Gasteiger partial charge on any atom is 0.330 e. The van der Waals surface area contributed by atoms with Crippen LogP contribution in [0.1, 0.15) is 19.4 Å². The van der Waals surface area contributed by atoms with E-state index < -0.39 is 5.54 Å². The molecule has 1 atom stereocenters. The monoisotopic (exact) mass is 265 g/mol. The zero-order valence-corrected chi connectivity index (χ0v) is 11.5. The van der Waals surface area contributed by atoms with Gasteiger partial charge in [-0.3, -0.25) is 5.32 Å². The summed E-state index contributed by atoms with van der Waals surface area (Å²) in [5.74, 6) is 1.04. The smallest absolute Gasteiger partial charge is 0.330 e. The van der Waals surface area contributed by atoms with Gasteiger partial charge in [0.05, 0.1) is 7.11 Å². The molecule has 5 nitrogen and oxygen atoms in total. The van der Waals surface area contributed by atoms with Gasteiger partial charge in [-0.2, -0.15) is 0 Å². The highest BCUT2D eigenvalue weighted by Gasteiger charge is 2.36. The summed E-state index contributed by atoms with van der Waals surface area (Å²) in [5.41, 5.74) is -0.0928. The molecule has 1 aliphatic heterocycles. The zero-order valence-electron chi connectivity index (χ0n) is 11.5. The Bertz CT molecular complexity index is 475. The number of esters is 1.